The molecule has 0 fully saturated rings. The van der Waals surface area contributed by atoms with Crippen LogP contribution in [0, 0.1) is 0 Å². The van der Waals surface area contributed by atoms with Gasteiger partial charge in [-0.05, 0) is 30.7 Å². The summed E-state index contributed by atoms with van der Waals surface area (Å²) >= 11 is 0. The second-order valence-electron chi connectivity index (χ2n) is 5.48. The molecule has 0 aliphatic rings. The topological polar surface area (TPSA) is 76.5 Å². The van der Waals surface area contributed by atoms with E-state index in [1.165, 1.54) is 31.2 Å². The van der Waals surface area contributed by atoms with E-state index in [0.717, 1.165) is 12.3 Å². The van der Waals surface area contributed by atoms with Gasteiger partial charge in [-0.25, -0.2) is 13.4 Å². The summed E-state index contributed by atoms with van der Waals surface area (Å²) in [5, 5.41) is 9.07. The Labute approximate surface area is 143 Å². The van der Waals surface area contributed by atoms with Crippen LogP contribution in [0.3, 0.4) is 0 Å². The Hall–Kier alpha value is -2.13. The largest absolute Gasteiger partial charge is 0.472 e. The summed E-state index contributed by atoms with van der Waals surface area (Å²) in [5.41, 5.74) is -0.597. The van der Waals surface area contributed by atoms with Crippen LogP contribution in [0.15, 0.2) is 41.4 Å². The van der Waals surface area contributed by atoms with Crippen molar-refractivity contribution in [1.29, 1.82) is 0 Å². The number of aliphatic hydroxyl groups excluding tert-OH is 1. The van der Waals surface area contributed by atoms with Crippen LogP contribution in [0.5, 0.6) is 5.88 Å². The molecule has 0 unspecified atom stereocenters. The molecular formula is C16H16F3NO4S. The monoisotopic (exact) mass is 375 g/mol. The van der Waals surface area contributed by atoms with Crippen molar-refractivity contribution in [2.24, 2.45) is 0 Å². The molecular weight excluding hydrogens is 359 g/mol. The van der Waals surface area contributed by atoms with Gasteiger partial charge in [0, 0.05) is 18.0 Å². The average Bonchev–Trinajstić information content (AvgIpc) is 2.53. The van der Waals surface area contributed by atoms with E-state index >= 15 is 0 Å². The zero-order valence-corrected chi connectivity index (χ0v) is 14.2. The highest BCUT2D eigenvalue weighted by Crippen LogP contribution is 2.36. The van der Waals surface area contributed by atoms with Crippen molar-refractivity contribution >= 4 is 9.84 Å². The third kappa shape index (κ3) is 4.70. The fourth-order valence-corrected chi connectivity index (χ4v) is 2.65. The van der Waals surface area contributed by atoms with Crippen LogP contribution >= 0.6 is 0 Å². The zero-order chi connectivity index (χ0) is 18.8. The predicted octanol–water partition coefficient (Wildman–Crippen LogP) is 2.93. The van der Waals surface area contributed by atoms with Crippen LogP contribution in [-0.2, 0) is 16.0 Å². The highest BCUT2D eigenvalue weighted by molar-refractivity contribution is 7.90. The van der Waals surface area contributed by atoms with Gasteiger partial charge in [-0.15, -0.1) is 0 Å². The van der Waals surface area contributed by atoms with Crippen LogP contribution in [-0.4, -0.2) is 37.5 Å². The van der Waals surface area contributed by atoms with Crippen molar-refractivity contribution in [3.05, 3.63) is 42.1 Å². The average molecular weight is 375 g/mol. The maximum absolute atomic E-state index is 13.0. The minimum Gasteiger partial charge on any atom is -0.472 e. The lowest BCUT2D eigenvalue weighted by atomic mass is 10.1. The predicted molar refractivity (Wildman–Crippen MR) is 85.0 cm³/mol. The minimum absolute atomic E-state index is 0.0439. The number of hydrogen-bond acceptors (Lipinski definition) is 5. The molecule has 9 heteroatoms. The van der Waals surface area contributed by atoms with E-state index in [4.69, 9.17) is 9.84 Å². The van der Waals surface area contributed by atoms with Gasteiger partial charge in [-0.1, -0.05) is 12.1 Å². The molecule has 0 radical (unpaired) electrons. The number of rotatable bonds is 5. The van der Waals surface area contributed by atoms with Gasteiger partial charge in [-0.3, -0.25) is 0 Å². The smallest absolute Gasteiger partial charge is 0.417 e. The molecule has 0 saturated heterocycles. The highest BCUT2D eigenvalue weighted by atomic mass is 32.2. The lowest BCUT2D eigenvalue weighted by Crippen LogP contribution is -2.18. The highest BCUT2D eigenvalue weighted by Gasteiger charge is 2.32. The summed E-state index contributed by atoms with van der Waals surface area (Å²) in [4.78, 5) is 3.75. The molecule has 1 atom stereocenters. The van der Waals surface area contributed by atoms with Crippen molar-refractivity contribution in [3.8, 4) is 17.0 Å². The van der Waals surface area contributed by atoms with E-state index in [1.807, 2.05) is 0 Å². The van der Waals surface area contributed by atoms with Gasteiger partial charge in [-0.2, -0.15) is 13.2 Å². The maximum Gasteiger partial charge on any atom is 0.417 e. The van der Waals surface area contributed by atoms with Crippen LogP contribution in [0.25, 0.3) is 11.1 Å². The second-order valence-corrected chi connectivity index (χ2v) is 7.50. The Morgan fingerprint density at radius 1 is 1.24 bits per heavy atom. The van der Waals surface area contributed by atoms with Crippen molar-refractivity contribution in [3.63, 3.8) is 0 Å². The van der Waals surface area contributed by atoms with Gasteiger partial charge in [0.2, 0.25) is 5.88 Å². The minimum atomic E-state index is -4.59. The second kappa shape index (κ2) is 7.01. The summed E-state index contributed by atoms with van der Waals surface area (Å²) in [7, 11) is -3.43. The van der Waals surface area contributed by atoms with Crippen molar-refractivity contribution in [2.45, 2.75) is 24.1 Å². The van der Waals surface area contributed by atoms with Crippen LogP contribution < -0.4 is 4.74 Å². The molecule has 0 aliphatic heterocycles. The molecule has 25 heavy (non-hydrogen) atoms. The van der Waals surface area contributed by atoms with Crippen molar-refractivity contribution in [1.82, 2.24) is 4.98 Å². The molecule has 2 rings (SSSR count). The first-order valence-electron chi connectivity index (χ1n) is 7.17. The van der Waals surface area contributed by atoms with Crippen molar-refractivity contribution < 1.29 is 31.4 Å². The molecule has 1 heterocycles. The molecule has 0 saturated carbocycles. The molecule has 0 amide bonds. The van der Waals surface area contributed by atoms with E-state index in [9.17, 15) is 21.6 Å². The third-order valence-electron chi connectivity index (χ3n) is 3.34. The quantitative estimate of drug-likeness (QED) is 0.870. The zero-order valence-electron chi connectivity index (χ0n) is 13.4. The van der Waals surface area contributed by atoms with Crippen LogP contribution in [0.2, 0.25) is 0 Å². The van der Waals surface area contributed by atoms with E-state index in [1.54, 1.807) is 0 Å². The summed E-state index contributed by atoms with van der Waals surface area (Å²) in [6.45, 7) is 1.20. The number of aliphatic hydroxyl groups is 1. The standard InChI is InChI=1S/C16H16F3NO4S/c1-10(9-21)24-15-14(7-12(8-20-15)16(17,18)19)11-3-5-13(6-4-11)25(2,22)23/h3-8,10,21H,9H2,1-2H3/t10-/m1/s1. The first-order valence-corrected chi connectivity index (χ1v) is 9.06. The number of pyridine rings is 1. The molecule has 1 aromatic carbocycles. The van der Waals surface area contributed by atoms with Gasteiger partial charge >= 0.3 is 6.18 Å². The lowest BCUT2D eigenvalue weighted by Gasteiger charge is -2.16. The van der Waals surface area contributed by atoms with Crippen LogP contribution in [0.4, 0.5) is 13.2 Å². The van der Waals surface area contributed by atoms with Gasteiger partial charge < -0.3 is 9.84 Å². The summed E-state index contributed by atoms with van der Waals surface area (Å²) in [6, 6.07) is 6.23. The lowest BCUT2D eigenvalue weighted by molar-refractivity contribution is -0.137. The van der Waals surface area contributed by atoms with Crippen molar-refractivity contribution in [2.75, 3.05) is 12.9 Å². The Bertz CT molecular complexity index is 849. The normalized spacial score (nSPS) is 13.5. The molecule has 136 valence electrons. The first kappa shape index (κ1) is 19.2. The molecule has 5 nitrogen and oxygen atoms in total. The molecule has 0 spiro atoms. The Balaban J connectivity index is 2.55. The Morgan fingerprint density at radius 3 is 2.32 bits per heavy atom. The molecule has 2 aromatic rings. The number of aromatic nitrogens is 1. The van der Waals surface area contributed by atoms with E-state index in [2.05, 4.69) is 4.98 Å². The number of halogens is 3. The van der Waals surface area contributed by atoms with E-state index in [0.29, 0.717) is 11.8 Å². The Kier molecular flexibility index (Phi) is 5.38. The van der Waals surface area contributed by atoms with Gasteiger partial charge in [0.1, 0.15) is 6.10 Å². The fraction of sp³-hybridized carbons (Fsp3) is 0.312. The van der Waals surface area contributed by atoms with Gasteiger partial charge in [0.15, 0.2) is 9.84 Å². The molecule has 1 N–H and O–H groups in total. The number of nitrogens with zero attached hydrogens (tertiary/aromatic N) is 1. The molecule has 1 aromatic heterocycles. The summed E-state index contributed by atoms with van der Waals surface area (Å²) < 4.78 is 67.3. The maximum atomic E-state index is 13.0. The first-order chi connectivity index (χ1) is 11.5. The Morgan fingerprint density at radius 2 is 1.84 bits per heavy atom. The third-order valence-corrected chi connectivity index (χ3v) is 4.47. The number of hydrogen-bond donors (Lipinski definition) is 1. The van der Waals surface area contributed by atoms with Gasteiger partial charge in [0.25, 0.3) is 0 Å². The SMILES string of the molecule is C[C@H](CO)Oc1ncc(C(F)(F)F)cc1-c1ccc(S(C)(=O)=O)cc1. The number of benzene rings is 1. The molecule has 0 bridgehead atoms. The van der Waals surface area contributed by atoms with E-state index < -0.39 is 27.7 Å². The number of sulfone groups is 1. The fourth-order valence-electron chi connectivity index (χ4n) is 2.02. The number of alkyl halides is 3. The molecule has 0 aliphatic carbocycles. The van der Waals surface area contributed by atoms with Gasteiger partial charge in [0.05, 0.1) is 17.1 Å². The summed E-state index contributed by atoms with van der Waals surface area (Å²) in [6.07, 6.45) is -3.58. The van der Waals surface area contributed by atoms with Crippen LogP contribution in [0.1, 0.15) is 12.5 Å². The van der Waals surface area contributed by atoms with E-state index in [-0.39, 0.29) is 22.9 Å². The number of ether oxygens (including phenoxy) is 1. The summed E-state index contributed by atoms with van der Waals surface area (Å²) in [5.74, 6) is -0.0818.